The lowest BCUT2D eigenvalue weighted by Crippen LogP contribution is -2.43. The van der Waals surface area contributed by atoms with E-state index in [-0.39, 0.29) is 30.4 Å². The number of carbonyl (C=O) groups excluding carboxylic acids is 1. The fourth-order valence-electron chi connectivity index (χ4n) is 2.62. The highest BCUT2D eigenvalue weighted by atomic mass is 32.2. The molecule has 1 amide bonds. The van der Waals surface area contributed by atoms with Crippen molar-refractivity contribution in [2.24, 2.45) is 0 Å². The van der Waals surface area contributed by atoms with E-state index in [2.05, 4.69) is 0 Å². The van der Waals surface area contributed by atoms with Gasteiger partial charge in [0, 0.05) is 34.3 Å². The van der Waals surface area contributed by atoms with Gasteiger partial charge in [0.15, 0.2) is 0 Å². The van der Waals surface area contributed by atoms with Crippen LogP contribution in [-0.2, 0) is 14.9 Å². The van der Waals surface area contributed by atoms with Crippen molar-refractivity contribution in [1.29, 1.82) is 0 Å². The van der Waals surface area contributed by atoms with Crippen LogP contribution >= 0.6 is 0 Å². The third-order valence-electron chi connectivity index (χ3n) is 4.04. The van der Waals surface area contributed by atoms with Crippen LogP contribution in [0.4, 0.5) is 10.1 Å². The van der Waals surface area contributed by atoms with Gasteiger partial charge in [-0.25, -0.2) is 13.9 Å². The molecule has 1 atom stereocenters. The Kier molecular flexibility index (Phi) is 5.84. The number of nitrogens with zero attached hydrogens (tertiary/aromatic N) is 2. The lowest BCUT2D eigenvalue weighted by molar-refractivity contribution is 0.0691. The first-order valence-corrected chi connectivity index (χ1v) is 9.10. The summed E-state index contributed by atoms with van der Waals surface area (Å²) in [5.41, 5.74) is -0.827. The lowest BCUT2D eigenvalue weighted by Gasteiger charge is -2.20. The molecule has 1 heterocycles. The Morgan fingerprint density at radius 3 is 2.50 bits per heavy atom. The van der Waals surface area contributed by atoms with Crippen LogP contribution in [0, 0.1) is 5.82 Å². The molecule has 0 bridgehead atoms. The van der Waals surface area contributed by atoms with Crippen LogP contribution in [0.25, 0.3) is 0 Å². The first-order chi connectivity index (χ1) is 12.1. The van der Waals surface area contributed by atoms with E-state index in [9.17, 15) is 22.4 Å². The van der Waals surface area contributed by atoms with Crippen molar-refractivity contribution in [2.75, 3.05) is 39.2 Å². The molecule has 0 saturated carbocycles. The number of carbonyl (C=O) groups is 2. The number of carboxylic acids is 1. The van der Waals surface area contributed by atoms with E-state index in [0.29, 0.717) is 12.5 Å². The molecular weight excluding hydrogens is 369 g/mol. The Morgan fingerprint density at radius 1 is 1.35 bits per heavy atom. The maximum atomic E-state index is 14.0. The molecule has 1 aromatic rings. The van der Waals surface area contributed by atoms with Crippen LogP contribution in [0.15, 0.2) is 12.1 Å². The molecule has 0 spiro atoms. The summed E-state index contributed by atoms with van der Waals surface area (Å²) < 4.78 is 46.7. The standard InChI is InChI=1S/C15H20FN3O6S/c1-18(2)13-7-10(15(21)22)12(16)6-11(13)14(20)17-26(23,24)19-5-4-9(8-19)25-3/h6-7,9H,4-5,8H2,1-3H3,(H,17,20)(H,21,22)/t9-/m0/s1. The smallest absolute Gasteiger partial charge is 0.338 e. The Morgan fingerprint density at radius 2 is 2.00 bits per heavy atom. The van der Waals surface area contributed by atoms with E-state index in [0.717, 1.165) is 10.4 Å². The van der Waals surface area contributed by atoms with Gasteiger partial charge < -0.3 is 14.7 Å². The summed E-state index contributed by atoms with van der Waals surface area (Å²) in [6.07, 6.45) is 0.238. The first kappa shape index (κ1) is 20.1. The summed E-state index contributed by atoms with van der Waals surface area (Å²) in [6, 6.07) is 1.70. The van der Waals surface area contributed by atoms with Crippen LogP contribution in [0.5, 0.6) is 0 Å². The molecule has 1 saturated heterocycles. The van der Waals surface area contributed by atoms with Gasteiger partial charge in [-0.2, -0.15) is 12.7 Å². The first-order valence-electron chi connectivity index (χ1n) is 7.66. The molecule has 11 heteroatoms. The predicted octanol–water partition coefficient (Wildman–Crippen LogP) is 0.285. The summed E-state index contributed by atoms with van der Waals surface area (Å²) in [7, 11) is 0.375. The lowest BCUT2D eigenvalue weighted by atomic mass is 10.1. The van der Waals surface area contributed by atoms with Gasteiger partial charge in [-0.05, 0) is 18.6 Å². The van der Waals surface area contributed by atoms with Crippen molar-refractivity contribution in [3.8, 4) is 0 Å². The maximum Gasteiger partial charge on any atom is 0.338 e. The average Bonchev–Trinajstić information content (AvgIpc) is 3.03. The number of anilines is 1. The molecule has 0 unspecified atom stereocenters. The summed E-state index contributed by atoms with van der Waals surface area (Å²) in [5, 5.41) is 9.01. The topological polar surface area (TPSA) is 116 Å². The Balaban J connectivity index is 2.32. The Hall–Kier alpha value is -2.24. The monoisotopic (exact) mass is 389 g/mol. The molecule has 144 valence electrons. The van der Waals surface area contributed by atoms with Crippen LogP contribution in [0.2, 0.25) is 0 Å². The zero-order valence-corrected chi connectivity index (χ0v) is 15.3. The fourth-order valence-corrected chi connectivity index (χ4v) is 3.80. The van der Waals surface area contributed by atoms with Gasteiger partial charge in [-0.1, -0.05) is 0 Å². The minimum atomic E-state index is -4.14. The number of ether oxygens (including phenoxy) is 1. The molecular formula is C15H20FN3O6S. The van der Waals surface area contributed by atoms with Crippen LogP contribution < -0.4 is 9.62 Å². The number of hydrogen-bond acceptors (Lipinski definition) is 6. The van der Waals surface area contributed by atoms with Gasteiger partial charge >= 0.3 is 16.2 Å². The van der Waals surface area contributed by atoms with Gasteiger partial charge in [0.25, 0.3) is 5.91 Å². The van der Waals surface area contributed by atoms with Gasteiger partial charge in [0.1, 0.15) is 5.82 Å². The minimum Gasteiger partial charge on any atom is -0.478 e. The second-order valence-electron chi connectivity index (χ2n) is 5.99. The second kappa shape index (κ2) is 7.56. The zero-order valence-electron chi connectivity index (χ0n) is 14.5. The molecule has 2 rings (SSSR count). The summed E-state index contributed by atoms with van der Waals surface area (Å²) >= 11 is 0. The minimum absolute atomic E-state index is 0.0766. The number of hydrogen-bond donors (Lipinski definition) is 2. The number of benzene rings is 1. The molecule has 1 aliphatic heterocycles. The predicted molar refractivity (Wildman–Crippen MR) is 91.1 cm³/mol. The third-order valence-corrected chi connectivity index (χ3v) is 5.50. The average molecular weight is 389 g/mol. The van der Waals surface area contributed by atoms with Crippen molar-refractivity contribution in [3.63, 3.8) is 0 Å². The quantitative estimate of drug-likeness (QED) is 0.718. The third kappa shape index (κ3) is 4.11. The van der Waals surface area contributed by atoms with Gasteiger partial charge in [-0.15, -0.1) is 0 Å². The van der Waals surface area contributed by atoms with E-state index in [1.54, 1.807) is 0 Å². The van der Waals surface area contributed by atoms with Crippen molar-refractivity contribution in [2.45, 2.75) is 12.5 Å². The van der Waals surface area contributed by atoms with E-state index in [4.69, 9.17) is 9.84 Å². The highest BCUT2D eigenvalue weighted by Crippen LogP contribution is 2.24. The Labute approximate surface area is 150 Å². The van der Waals surface area contributed by atoms with E-state index < -0.39 is 33.5 Å². The number of aromatic carboxylic acids is 1. The van der Waals surface area contributed by atoms with Crippen LogP contribution in [0.3, 0.4) is 0 Å². The number of halogens is 1. The number of nitrogens with one attached hydrogen (secondary N) is 1. The van der Waals surface area contributed by atoms with Crippen molar-refractivity contribution in [1.82, 2.24) is 9.03 Å². The number of carboxylic acid groups (broad SMARTS) is 1. The summed E-state index contributed by atoms with van der Waals surface area (Å²) in [4.78, 5) is 24.9. The molecule has 26 heavy (non-hydrogen) atoms. The van der Waals surface area contributed by atoms with Crippen LogP contribution in [0.1, 0.15) is 27.1 Å². The second-order valence-corrected chi connectivity index (χ2v) is 7.66. The van der Waals surface area contributed by atoms with Crippen molar-refractivity contribution >= 4 is 27.8 Å². The molecule has 0 aliphatic carbocycles. The number of methoxy groups -OCH3 is 1. The highest BCUT2D eigenvalue weighted by Gasteiger charge is 2.33. The summed E-state index contributed by atoms with van der Waals surface area (Å²) in [5.74, 6) is -3.68. The summed E-state index contributed by atoms with van der Waals surface area (Å²) in [6.45, 7) is 0.292. The molecule has 0 aromatic heterocycles. The molecule has 9 nitrogen and oxygen atoms in total. The van der Waals surface area contributed by atoms with E-state index in [1.807, 2.05) is 4.72 Å². The normalized spacial score (nSPS) is 17.9. The van der Waals surface area contributed by atoms with Gasteiger partial charge in [0.05, 0.1) is 22.9 Å². The molecule has 2 N–H and O–H groups in total. The fraction of sp³-hybridized carbons (Fsp3) is 0.467. The number of amides is 1. The van der Waals surface area contributed by atoms with Crippen molar-refractivity contribution in [3.05, 3.63) is 29.1 Å². The SMILES string of the molecule is CO[C@H]1CCN(S(=O)(=O)NC(=O)c2cc(F)c(C(=O)O)cc2N(C)C)C1. The molecule has 1 fully saturated rings. The van der Waals surface area contributed by atoms with Gasteiger partial charge in [0.2, 0.25) is 0 Å². The largest absolute Gasteiger partial charge is 0.478 e. The van der Waals surface area contributed by atoms with E-state index in [1.165, 1.54) is 26.1 Å². The van der Waals surface area contributed by atoms with Crippen molar-refractivity contribution < 1.29 is 32.2 Å². The van der Waals surface area contributed by atoms with E-state index >= 15 is 0 Å². The molecule has 0 radical (unpaired) electrons. The molecule has 1 aliphatic rings. The van der Waals surface area contributed by atoms with Crippen LogP contribution in [-0.4, -0.2) is 70.1 Å². The number of rotatable bonds is 6. The highest BCUT2D eigenvalue weighted by molar-refractivity contribution is 7.87. The van der Waals surface area contributed by atoms with Gasteiger partial charge in [-0.3, -0.25) is 4.79 Å². The maximum absolute atomic E-state index is 14.0. The zero-order chi connectivity index (χ0) is 19.6. The molecule has 1 aromatic carbocycles. The Bertz CT molecular complexity index is 827.